The lowest BCUT2D eigenvalue weighted by atomic mass is 9.74. The van der Waals surface area contributed by atoms with Gasteiger partial charge in [-0.1, -0.05) is 6.07 Å². The van der Waals surface area contributed by atoms with E-state index in [2.05, 4.69) is 0 Å². The molecule has 104 valence electrons. The number of ether oxygens (including phenoxy) is 3. The Labute approximate surface area is 113 Å². The summed E-state index contributed by atoms with van der Waals surface area (Å²) in [6.45, 7) is 4.70. The van der Waals surface area contributed by atoms with Crippen LogP contribution in [0.5, 0.6) is 11.5 Å². The Balaban J connectivity index is 2.49. The molecule has 1 aliphatic heterocycles. The maximum Gasteiger partial charge on any atom is 0.130 e. The summed E-state index contributed by atoms with van der Waals surface area (Å²) in [6.07, 6.45) is 0.481. The van der Waals surface area contributed by atoms with Crippen molar-refractivity contribution in [2.75, 3.05) is 27.4 Å². The SMILES string of the molecule is COc1ccc(C2(CC(C)=O)COC2)c(OC)c1C. The largest absolute Gasteiger partial charge is 0.496 e. The third-order valence-corrected chi connectivity index (χ3v) is 3.70. The summed E-state index contributed by atoms with van der Waals surface area (Å²) < 4.78 is 16.2. The summed E-state index contributed by atoms with van der Waals surface area (Å²) in [4.78, 5) is 11.5. The van der Waals surface area contributed by atoms with Gasteiger partial charge in [-0.2, -0.15) is 0 Å². The molecule has 1 aromatic rings. The van der Waals surface area contributed by atoms with Gasteiger partial charge in [0, 0.05) is 17.5 Å². The standard InChI is InChI=1S/C15H20O4/c1-10(16)7-15(8-19-9-15)12-5-6-13(17-3)11(2)14(12)18-4/h5-6H,7-9H2,1-4H3. The van der Waals surface area contributed by atoms with Gasteiger partial charge in [-0.05, 0) is 19.9 Å². The van der Waals surface area contributed by atoms with Gasteiger partial charge >= 0.3 is 0 Å². The molecule has 1 fully saturated rings. The van der Waals surface area contributed by atoms with Crippen molar-refractivity contribution in [3.63, 3.8) is 0 Å². The lowest BCUT2D eigenvalue weighted by Gasteiger charge is -2.42. The molecule has 0 aromatic heterocycles. The molecule has 1 heterocycles. The Morgan fingerprint density at radius 3 is 2.42 bits per heavy atom. The predicted molar refractivity (Wildman–Crippen MR) is 72.1 cm³/mol. The first-order valence-electron chi connectivity index (χ1n) is 6.33. The maximum atomic E-state index is 11.5. The van der Waals surface area contributed by atoms with Crippen LogP contribution in [0.2, 0.25) is 0 Å². The van der Waals surface area contributed by atoms with E-state index >= 15 is 0 Å². The Bertz CT molecular complexity index is 489. The molecule has 1 aliphatic rings. The molecule has 1 aromatic carbocycles. The summed E-state index contributed by atoms with van der Waals surface area (Å²) in [5.41, 5.74) is 1.75. The second-order valence-electron chi connectivity index (χ2n) is 5.13. The van der Waals surface area contributed by atoms with Gasteiger partial charge in [0.1, 0.15) is 17.3 Å². The van der Waals surface area contributed by atoms with Crippen LogP contribution in [0.4, 0.5) is 0 Å². The molecule has 1 saturated heterocycles. The molecule has 2 rings (SSSR count). The van der Waals surface area contributed by atoms with Gasteiger partial charge in [0.05, 0.1) is 32.8 Å². The van der Waals surface area contributed by atoms with Crippen molar-refractivity contribution in [2.24, 2.45) is 0 Å². The molecule has 0 spiro atoms. The van der Waals surface area contributed by atoms with Crippen molar-refractivity contribution >= 4 is 5.78 Å². The fourth-order valence-electron chi connectivity index (χ4n) is 2.75. The molecular formula is C15H20O4. The van der Waals surface area contributed by atoms with Gasteiger partial charge in [0.25, 0.3) is 0 Å². The van der Waals surface area contributed by atoms with E-state index in [1.54, 1.807) is 21.1 Å². The average molecular weight is 264 g/mol. The van der Waals surface area contributed by atoms with Gasteiger partial charge in [-0.25, -0.2) is 0 Å². The average Bonchev–Trinajstić information content (AvgIpc) is 2.33. The fraction of sp³-hybridized carbons (Fsp3) is 0.533. The molecule has 4 heteroatoms. The minimum absolute atomic E-state index is 0.166. The zero-order valence-corrected chi connectivity index (χ0v) is 11.9. The number of carbonyl (C=O) groups excluding carboxylic acids is 1. The first-order chi connectivity index (χ1) is 9.04. The van der Waals surface area contributed by atoms with Gasteiger partial charge in [-0.15, -0.1) is 0 Å². The van der Waals surface area contributed by atoms with E-state index in [1.807, 2.05) is 19.1 Å². The smallest absolute Gasteiger partial charge is 0.130 e. The molecule has 0 atom stereocenters. The second-order valence-corrected chi connectivity index (χ2v) is 5.13. The van der Waals surface area contributed by atoms with E-state index in [0.29, 0.717) is 19.6 Å². The Morgan fingerprint density at radius 2 is 2.00 bits per heavy atom. The van der Waals surface area contributed by atoms with E-state index < -0.39 is 0 Å². The molecule has 0 saturated carbocycles. The van der Waals surface area contributed by atoms with Crippen LogP contribution >= 0.6 is 0 Å². The van der Waals surface area contributed by atoms with Gasteiger partial charge < -0.3 is 14.2 Å². The van der Waals surface area contributed by atoms with Crippen LogP contribution in [-0.2, 0) is 14.9 Å². The summed E-state index contributed by atoms with van der Waals surface area (Å²) in [7, 11) is 3.28. The number of rotatable bonds is 5. The van der Waals surface area contributed by atoms with Crippen LogP contribution in [0, 0.1) is 6.92 Å². The van der Waals surface area contributed by atoms with Crippen molar-refractivity contribution in [3.05, 3.63) is 23.3 Å². The number of carbonyl (C=O) groups is 1. The second kappa shape index (κ2) is 5.21. The van der Waals surface area contributed by atoms with Gasteiger partial charge in [0.15, 0.2) is 0 Å². The van der Waals surface area contributed by atoms with E-state index in [9.17, 15) is 4.79 Å². The quantitative estimate of drug-likeness (QED) is 0.818. The third-order valence-electron chi connectivity index (χ3n) is 3.70. The molecule has 0 amide bonds. The van der Waals surface area contributed by atoms with Crippen molar-refractivity contribution in [2.45, 2.75) is 25.7 Å². The molecule has 0 bridgehead atoms. The van der Waals surface area contributed by atoms with E-state index in [1.165, 1.54) is 0 Å². The van der Waals surface area contributed by atoms with Crippen molar-refractivity contribution in [1.82, 2.24) is 0 Å². The molecule has 19 heavy (non-hydrogen) atoms. The van der Waals surface area contributed by atoms with Crippen molar-refractivity contribution in [1.29, 1.82) is 0 Å². The third kappa shape index (κ3) is 2.32. The highest BCUT2D eigenvalue weighted by molar-refractivity contribution is 5.78. The van der Waals surface area contributed by atoms with Crippen LogP contribution in [0.15, 0.2) is 12.1 Å². The summed E-state index contributed by atoms with van der Waals surface area (Å²) in [6, 6.07) is 3.91. The lowest BCUT2D eigenvalue weighted by Crippen LogP contribution is -2.48. The highest BCUT2D eigenvalue weighted by atomic mass is 16.5. The minimum atomic E-state index is -0.242. The number of benzene rings is 1. The van der Waals surface area contributed by atoms with Crippen LogP contribution in [0.25, 0.3) is 0 Å². The highest BCUT2D eigenvalue weighted by Crippen LogP contribution is 2.44. The molecular weight excluding hydrogens is 244 g/mol. The first-order valence-corrected chi connectivity index (χ1v) is 6.33. The Morgan fingerprint density at radius 1 is 1.32 bits per heavy atom. The number of hydrogen-bond acceptors (Lipinski definition) is 4. The van der Waals surface area contributed by atoms with Gasteiger partial charge in [-0.3, -0.25) is 4.79 Å². The Hall–Kier alpha value is -1.55. The zero-order chi connectivity index (χ0) is 14.0. The van der Waals surface area contributed by atoms with Crippen molar-refractivity contribution in [3.8, 4) is 11.5 Å². The van der Waals surface area contributed by atoms with E-state index in [-0.39, 0.29) is 11.2 Å². The molecule has 0 radical (unpaired) electrons. The molecule has 4 nitrogen and oxygen atoms in total. The number of Topliss-reactive ketones (excluding diaryl/α,β-unsaturated/α-hetero) is 1. The summed E-state index contributed by atoms with van der Waals surface area (Å²) in [5.74, 6) is 1.75. The normalized spacial score (nSPS) is 16.6. The zero-order valence-electron chi connectivity index (χ0n) is 11.9. The topological polar surface area (TPSA) is 44.8 Å². The van der Waals surface area contributed by atoms with E-state index in [4.69, 9.17) is 14.2 Å². The number of ketones is 1. The van der Waals surface area contributed by atoms with Crippen LogP contribution in [0.1, 0.15) is 24.5 Å². The minimum Gasteiger partial charge on any atom is -0.496 e. The van der Waals surface area contributed by atoms with Gasteiger partial charge in [0.2, 0.25) is 0 Å². The van der Waals surface area contributed by atoms with Crippen molar-refractivity contribution < 1.29 is 19.0 Å². The number of hydrogen-bond donors (Lipinski definition) is 0. The highest BCUT2D eigenvalue weighted by Gasteiger charge is 2.43. The van der Waals surface area contributed by atoms with Crippen LogP contribution in [0.3, 0.4) is 0 Å². The van der Waals surface area contributed by atoms with Crippen LogP contribution < -0.4 is 9.47 Å². The maximum absolute atomic E-state index is 11.5. The monoisotopic (exact) mass is 264 g/mol. The van der Waals surface area contributed by atoms with E-state index in [0.717, 1.165) is 22.6 Å². The van der Waals surface area contributed by atoms with Crippen LogP contribution in [-0.4, -0.2) is 33.2 Å². The lowest BCUT2D eigenvalue weighted by molar-refractivity contribution is -0.125. The predicted octanol–water partition coefficient (Wildman–Crippen LogP) is 2.26. The summed E-state index contributed by atoms with van der Waals surface area (Å²) in [5, 5.41) is 0. The molecule has 0 aliphatic carbocycles. The molecule has 0 N–H and O–H groups in total. The molecule has 0 unspecified atom stereocenters. The summed E-state index contributed by atoms with van der Waals surface area (Å²) >= 11 is 0. The Kier molecular flexibility index (Phi) is 3.80. The number of methoxy groups -OCH3 is 2. The fourth-order valence-corrected chi connectivity index (χ4v) is 2.75. The first kappa shape index (κ1) is 13.9.